The maximum Gasteiger partial charge on any atom is 0.416 e. The van der Waals surface area contributed by atoms with Crippen LogP contribution < -0.4 is 11.1 Å². The summed E-state index contributed by atoms with van der Waals surface area (Å²) in [5, 5.41) is 11.1. The molecule has 0 bridgehead atoms. The number of halogens is 3. The first-order chi connectivity index (χ1) is 9.47. The van der Waals surface area contributed by atoms with Crippen LogP contribution in [0.15, 0.2) is 18.2 Å². The molecule has 0 heterocycles. The van der Waals surface area contributed by atoms with E-state index in [-0.39, 0.29) is 12.2 Å². The fourth-order valence-corrected chi connectivity index (χ4v) is 1.38. The number of nitrogens with one attached hydrogen (secondary N) is 1. The fourth-order valence-electron chi connectivity index (χ4n) is 1.38. The summed E-state index contributed by atoms with van der Waals surface area (Å²) in [6.07, 6.45) is -4.71. The van der Waals surface area contributed by atoms with Crippen LogP contribution in [0.2, 0.25) is 0 Å². The van der Waals surface area contributed by atoms with Gasteiger partial charge < -0.3 is 16.2 Å². The average Bonchev–Trinajstić information content (AvgIpc) is 2.37. The molecule has 0 fully saturated rings. The molecular formula is C13H15F3N2O3. The number of carboxylic acid groups (broad SMARTS) is 1. The molecule has 0 aliphatic heterocycles. The van der Waals surface area contributed by atoms with Gasteiger partial charge in [-0.25, -0.2) is 4.79 Å². The van der Waals surface area contributed by atoms with E-state index in [0.29, 0.717) is 12.1 Å². The van der Waals surface area contributed by atoms with Crippen LogP contribution >= 0.6 is 0 Å². The van der Waals surface area contributed by atoms with Gasteiger partial charge in [0.15, 0.2) is 0 Å². The number of hydrogen-bond donors (Lipinski definition) is 3. The summed E-state index contributed by atoms with van der Waals surface area (Å²) in [6.45, 7) is 3.03. The minimum Gasteiger partial charge on any atom is -0.478 e. The number of carbonyl (C=O) groups is 2. The molecule has 0 radical (unpaired) electrons. The van der Waals surface area contributed by atoms with Gasteiger partial charge in [-0.2, -0.15) is 13.2 Å². The Morgan fingerprint density at radius 1 is 1.24 bits per heavy atom. The summed E-state index contributed by atoms with van der Waals surface area (Å²) in [5.41, 5.74) is 2.46. The highest BCUT2D eigenvalue weighted by atomic mass is 19.4. The summed E-state index contributed by atoms with van der Waals surface area (Å²) < 4.78 is 38.2. The maximum atomic E-state index is 12.7. The maximum absolute atomic E-state index is 12.7. The van der Waals surface area contributed by atoms with E-state index >= 15 is 0 Å². The normalized spacial score (nSPS) is 12.1. The largest absolute Gasteiger partial charge is 0.478 e. The van der Waals surface area contributed by atoms with Gasteiger partial charge in [-0.1, -0.05) is 0 Å². The van der Waals surface area contributed by atoms with Crippen LogP contribution in [0, 0.1) is 5.41 Å². The third-order valence-corrected chi connectivity index (χ3v) is 2.89. The predicted octanol–water partition coefficient (Wildman–Crippen LogP) is 2.33. The Morgan fingerprint density at radius 3 is 2.24 bits per heavy atom. The SMILES string of the molecule is CC(C)(CN)C(=O)Nc1cc(C(=O)O)cc(C(F)(F)F)c1. The lowest BCUT2D eigenvalue weighted by Gasteiger charge is -2.21. The van der Waals surface area contributed by atoms with E-state index < -0.39 is 34.6 Å². The minimum atomic E-state index is -4.71. The molecule has 1 aromatic carbocycles. The number of aromatic carboxylic acids is 1. The first-order valence-electron chi connectivity index (χ1n) is 5.94. The number of nitrogens with two attached hydrogens (primary N) is 1. The van der Waals surface area contributed by atoms with E-state index in [9.17, 15) is 22.8 Å². The number of rotatable bonds is 4. The van der Waals surface area contributed by atoms with E-state index in [0.717, 1.165) is 6.07 Å². The lowest BCUT2D eigenvalue weighted by molar-refractivity contribution is -0.137. The monoisotopic (exact) mass is 304 g/mol. The molecule has 0 aliphatic carbocycles. The predicted molar refractivity (Wildman–Crippen MR) is 69.9 cm³/mol. The second-order valence-electron chi connectivity index (χ2n) is 5.14. The minimum absolute atomic E-state index is 0.0103. The van der Waals surface area contributed by atoms with Crippen molar-refractivity contribution in [3.8, 4) is 0 Å². The van der Waals surface area contributed by atoms with Crippen LogP contribution in [-0.4, -0.2) is 23.5 Å². The Bertz CT molecular complexity index is 568. The number of anilines is 1. The summed E-state index contributed by atoms with van der Waals surface area (Å²) in [6, 6.07) is 2.14. The van der Waals surface area contributed by atoms with Crippen LogP contribution in [0.5, 0.6) is 0 Å². The summed E-state index contributed by atoms with van der Waals surface area (Å²) in [5.74, 6) is -2.12. The molecule has 0 unspecified atom stereocenters. The van der Waals surface area contributed by atoms with Crippen molar-refractivity contribution >= 4 is 17.6 Å². The third-order valence-electron chi connectivity index (χ3n) is 2.89. The molecule has 8 heteroatoms. The van der Waals surface area contributed by atoms with Crippen molar-refractivity contribution in [2.75, 3.05) is 11.9 Å². The number of benzene rings is 1. The molecule has 0 saturated carbocycles. The van der Waals surface area contributed by atoms with E-state index in [1.165, 1.54) is 13.8 Å². The molecule has 0 saturated heterocycles. The van der Waals surface area contributed by atoms with Crippen molar-refractivity contribution in [1.29, 1.82) is 0 Å². The molecule has 1 aromatic rings. The molecule has 21 heavy (non-hydrogen) atoms. The molecule has 0 aliphatic rings. The van der Waals surface area contributed by atoms with Gasteiger partial charge >= 0.3 is 12.1 Å². The lowest BCUT2D eigenvalue weighted by atomic mass is 9.92. The van der Waals surface area contributed by atoms with Crippen molar-refractivity contribution in [3.63, 3.8) is 0 Å². The second-order valence-corrected chi connectivity index (χ2v) is 5.14. The van der Waals surface area contributed by atoms with E-state index in [1.54, 1.807) is 0 Å². The number of hydrogen-bond acceptors (Lipinski definition) is 3. The Hall–Kier alpha value is -2.09. The summed E-state index contributed by atoms with van der Waals surface area (Å²) in [4.78, 5) is 22.8. The molecule has 1 amide bonds. The zero-order valence-electron chi connectivity index (χ0n) is 11.4. The first kappa shape index (κ1) is 17.0. The van der Waals surface area contributed by atoms with E-state index in [4.69, 9.17) is 10.8 Å². The van der Waals surface area contributed by atoms with Gasteiger partial charge in [0.05, 0.1) is 16.5 Å². The number of carboxylic acids is 1. The quantitative estimate of drug-likeness (QED) is 0.796. The van der Waals surface area contributed by atoms with Gasteiger partial charge in [0.25, 0.3) is 0 Å². The number of alkyl halides is 3. The molecule has 0 aromatic heterocycles. The molecule has 116 valence electrons. The highest BCUT2D eigenvalue weighted by Gasteiger charge is 2.32. The second kappa shape index (κ2) is 5.72. The average molecular weight is 304 g/mol. The highest BCUT2D eigenvalue weighted by molar-refractivity contribution is 5.97. The third kappa shape index (κ3) is 4.19. The van der Waals surface area contributed by atoms with Crippen molar-refractivity contribution in [1.82, 2.24) is 0 Å². The van der Waals surface area contributed by atoms with Crippen molar-refractivity contribution in [2.24, 2.45) is 11.1 Å². The Kier molecular flexibility index (Phi) is 4.62. The van der Waals surface area contributed by atoms with Crippen LogP contribution in [0.4, 0.5) is 18.9 Å². The van der Waals surface area contributed by atoms with Crippen LogP contribution in [0.25, 0.3) is 0 Å². The van der Waals surface area contributed by atoms with Gasteiger partial charge in [0.1, 0.15) is 0 Å². The lowest BCUT2D eigenvalue weighted by Crippen LogP contribution is -2.37. The zero-order valence-corrected chi connectivity index (χ0v) is 11.4. The zero-order chi connectivity index (χ0) is 16.4. The van der Waals surface area contributed by atoms with Crippen molar-refractivity contribution in [2.45, 2.75) is 20.0 Å². The number of amides is 1. The van der Waals surface area contributed by atoms with Gasteiger partial charge in [-0.15, -0.1) is 0 Å². The van der Waals surface area contributed by atoms with Gasteiger partial charge in [-0.3, -0.25) is 4.79 Å². The highest BCUT2D eigenvalue weighted by Crippen LogP contribution is 2.32. The van der Waals surface area contributed by atoms with E-state index in [2.05, 4.69) is 5.32 Å². The van der Waals surface area contributed by atoms with Crippen molar-refractivity contribution in [3.05, 3.63) is 29.3 Å². The Balaban J connectivity index is 3.21. The van der Waals surface area contributed by atoms with Crippen LogP contribution in [0.3, 0.4) is 0 Å². The molecular weight excluding hydrogens is 289 g/mol. The smallest absolute Gasteiger partial charge is 0.416 e. The standard InChI is InChI=1S/C13H15F3N2O3/c1-12(2,6-17)11(21)18-9-4-7(10(19)20)3-8(5-9)13(14,15)16/h3-5H,6,17H2,1-2H3,(H,18,21)(H,19,20). The van der Waals surface area contributed by atoms with E-state index in [1.807, 2.05) is 0 Å². The first-order valence-corrected chi connectivity index (χ1v) is 5.94. The molecule has 0 atom stereocenters. The Morgan fingerprint density at radius 2 is 1.81 bits per heavy atom. The Labute approximate surface area is 118 Å². The fraction of sp³-hybridized carbons (Fsp3) is 0.385. The molecule has 5 nitrogen and oxygen atoms in total. The van der Waals surface area contributed by atoms with Gasteiger partial charge in [0, 0.05) is 12.2 Å². The molecule has 1 rings (SSSR count). The topological polar surface area (TPSA) is 92.4 Å². The number of carbonyl (C=O) groups excluding carboxylic acids is 1. The van der Waals surface area contributed by atoms with Crippen LogP contribution in [0.1, 0.15) is 29.8 Å². The van der Waals surface area contributed by atoms with Gasteiger partial charge in [-0.05, 0) is 32.0 Å². The van der Waals surface area contributed by atoms with Crippen LogP contribution in [-0.2, 0) is 11.0 Å². The summed E-state index contributed by atoms with van der Waals surface area (Å²) in [7, 11) is 0. The summed E-state index contributed by atoms with van der Waals surface area (Å²) >= 11 is 0. The molecule has 0 spiro atoms. The molecule has 4 N–H and O–H groups in total. The van der Waals surface area contributed by atoms with Gasteiger partial charge in [0.2, 0.25) is 5.91 Å². The van der Waals surface area contributed by atoms with Crippen molar-refractivity contribution < 1.29 is 27.9 Å².